The van der Waals surface area contributed by atoms with Crippen molar-refractivity contribution < 1.29 is 19.8 Å². The van der Waals surface area contributed by atoms with Crippen molar-refractivity contribution in [2.45, 2.75) is 58.0 Å². The minimum Gasteiger partial charge on any atom is -0.388 e. The number of hydrogen-bond acceptors (Lipinski definition) is 4. The van der Waals surface area contributed by atoms with E-state index in [1.807, 2.05) is 13.0 Å². The van der Waals surface area contributed by atoms with Gasteiger partial charge in [0.25, 0.3) is 0 Å². The fourth-order valence-corrected chi connectivity index (χ4v) is 7.18. The van der Waals surface area contributed by atoms with Gasteiger partial charge >= 0.3 is 0 Å². The van der Waals surface area contributed by atoms with E-state index in [-0.39, 0.29) is 17.1 Å². The van der Waals surface area contributed by atoms with E-state index in [4.69, 9.17) is 0 Å². The van der Waals surface area contributed by atoms with Crippen LogP contribution in [0.3, 0.4) is 0 Å². The molecule has 0 heterocycles. The predicted molar refractivity (Wildman–Crippen MR) is 103 cm³/mol. The van der Waals surface area contributed by atoms with Crippen LogP contribution in [0, 0.1) is 28.6 Å². The highest BCUT2D eigenvalue weighted by Crippen LogP contribution is 2.69. The third-order valence-corrected chi connectivity index (χ3v) is 8.70. The number of carbonyl (C=O) groups excluding carboxylic acids is 2. The van der Waals surface area contributed by atoms with Gasteiger partial charge in [0.15, 0.2) is 17.2 Å². The molecule has 0 bridgehead atoms. The first-order valence-corrected chi connectivity index (χ1v) is 10.1. The largest absolute Gasteiger partial charge is 0.388 e. The summed E-state index contributed by atoms with van der Waals surface area (Å²) in [6.07, 6.45) is 6.79. The second-order valence-electron chi connectivity index (χ2n) is 9.59. The molecule has 2 N–H and O–H groups in total. The van der Waals surface area contributed by atoms with Crippen LogP contribution < -0.4 is 0 Å². The Morgan fingerprint density at radius 2 is 1.93 bits per heavy atom. The van der Waals surface area contributed by atoms with Crippen molar-refractivity contribution in [3.05, 3.63) is 36.0 Å². The van der Waals surface area contributed by atoms with Gasteiger partial charge in [-0.25, -0.2) is 0 Å². The zero-order valence-corrected chi connectivity index (χ0v) is 16.4. The molecule has 27 heavy (non-hydrogen) atoms. The summed E-state index contributed by atoms with van der Waals surface area (Å²) < 4.78 is 0. The zero-order chi connectivity index (χ0) is 19.8. The van der Waals surface area contributed by atoms with E-state index in [1.165, 1.54) is 5.57 Å². The molecule has 4 heteroatoms. The summed E-state index contributed by atoms with van der Waals surface area (Å²) in [7, 11) is 0. The van der Waals surface area contributed by atoms with E-state index in [0.29, 0.717) is 30.3 Å². The molecular weight excluding hydrogens is 340 g/mol. The Balaban J connectivity index is 1.78. The fourth-order valence-electron chi connectivity index (χ4n) is 7.18. The van der Waals surface area contributed by atoms with E-state index >= 15 is 0 Å². The topological polar surface area (TPSA) is 74.6 Å². The van der Waals surface area contributed by atoms with E-state index in [1.54, 1.807) is 0 Å². The number of rotatable bonds is 2. The molecular formula is C23H30O4. The number of carbonyl (C=O) groups is 2. The average molecular weight is 370 g/mol. The van der Waals surface area contributed by atoms with Gasteiger partial charge in [0, 0.05) is 11.8 Å². The fraction of sp³-hybridized carbons (Fsp3) is 0.652. The number of aliphatic hydroxyl groups is 2. The summed E-state index contributed by atoms with van der Waals surface area (Å²) in [4.78, 5) is 24.5. The number of fused-ring (bicyclic) bond motifs is 5. The molecule has 6 atom stereocenters. The van der Waals surface area contributed by atoms with Crippen LogP contribution in [0.15, 0.2) is 36.0 Å². The lowest BCUT2D eigenvalue weighted by molar-refractivity contribution is -0.158. The van der Waals surface area contributed by atoms with Gasteiger partial charge in [0.1, 0.15) is 6.61 Å². The smallest absolute Gasteiger partial charge is 0.194 e. The standard InChI is InChI=1S/C23H30O4/c1-13-14(2)23(27,19(26)12-24)22(4)10-8-18-17(20(13)22)6-5-15-11-16(25)7-9-21(15,18)3/h11,17-18,20,24,27H,1-2,5-10,12H2,3-4H3/t17-,18+,20+,21+,22+,23+/m1/s1. The van der Waals surface area contributed by atoms with Crippen LogP contribution in [0.2, 0.25) is 0 Å². The SMILES string of the molecule is C=C1C(=C)[C@](O)(C(=O)CO)[C@@]2(C)CC[C@H]3[C@@H](CCC4=CC(=O)CC[C@@]43C)[C@H]12. The Bertz CT molecular complexity index is 792. The number of ketones is 2. The van der Waals surface area contributed by atoms with Crippen molar-refractivity contribution in [2.75, 3.05) is 6.61 Å². The second kappa shape index (κ2) is 5.74. The lowest BCUT2D eigenvalue weighted by Crippen LogP contribution is -2.58. The lowest BCUT2D eigenvalue weighted by Gasteiger charge is -2.58. The maximum absolute atomic E-state index is 12.6. The van der Waals surface area contributed by atoms with Gasteiger partial charge in [-0.1, -0.05) is 32.6 Å². The molecule has 4 rings (SSSR count). The molecule has 0 aromatic rings. The van der Waals surface area contributed by atoms with Crippen molar-refractivity contribution in [2.24, 2.45) is 28.6 Å². The monoisotopic (exact) mass is 370 g/mol. The van der Waals surface area contributed by atoms with Gasteiger partial charge < -0.3 is 10.2 Å². The predicted octanol–water partition coefficient (Wildman–Crippen LogP) is 3.14. The van der Waals surface area contributed by atoms with Gasteiger partial charge in [-0.05, 0) is 72.5 Å². The maximum atomic E-state index is 12.6. The molecule has 0 radical (unpaired) electrons. The highest BCUT2D eigenvalue weighted by atomic mass is 16.3. The molecule has 0 spiro atoms. The average Bonchev–Trinajstić information content (AvgIpc) is 2.80. The second-order valence-corrected chi connectivity index (χ2v) is 9.59. The molecule has 3 saturated carbocycles. The van der Waals surface area contributed by atoms with Crippen LogP contribution in [-0.4, -0.2) is 34.0 Å². The molecule has 4 aliphatic rings. The number of Topliss-reactive ketones (excluding diaryl/α,β-unsaturated/α-hetero) is 1. The van der Waals surface area contributed by atoms with Crippen molar-refractivity contribution in [1.29, 1.82) is 0 Å². The Labute approximate surface area is 161 Å². The minimum absolute atomic E-state index is 0.0137. The Hall–Kier alpha value is -1.52. The first-order valence-electron chi connectivity index (χ1n) is 10.1. The number of allylic oxidation sites excluding steroid dienone is 1. The van der Waals surface area contributed by atoms with Gasteiger partial charge in [0.2, 0.25) is 0 Å². The molecule has 0 aliphatic heterocycles. The maximum Gasteiger partial charge on any atom is 0.194 e. The summed E-state index contributed by atoms with van der Waals surface area (Å²) in [5.74, 6) is 0.384. The normalized spacial score (nSPS) is 46.4. The van der Waals surface area contributed by atoms with Gasteiger partial charge in [-0.2, -0.15) is 0 Å². The summed E-state index contributed by atoms with van der Waals surface area (Å²) in [6.45, 7) is 11.9. The lowest BCUT2D eigenvalue weighted by atomic mass is 9.46. The molecule has 0 aromatic heterocycles. The molecule has 4 nitrogen and oxygen atoms in total. The van der Waals surface area contributed by atoms with Crippen LogP contribution in [0.5, 0.6) is 0 Å². The first-order chi connectivity index (χ1) is 12.6. The van der Waals surface area contributed by atoms with Crippen molar-refractivity contribution in [3.8, 4) is 0 Å². The van der Waals surface area contributed by atoms with Crippen LogP contribution in [0.1, 0.15) is 52.4 Å². The molecule has 0 unspecified atom stereocenters. The van der Waals surface area contributed by atoms with Crippen LogP contribution in [0.4, 0.5) is 0 Å². The zero-order valence-electron chi connectivity index (χ0n) is 16.4. The number of aliphatic hydroxyl groups excluding tert-OH is 1. The first kappa shape index (κ1) is 18.8. The van der Waals surface area contributed by atoms with E-state index in [2.05, 4.69) is 20.1 Å². The Morgan fingerprint density at radius 1 is 1.22 bits per heavy atom. The van der Waals surface area contributed by atoms with Crippen molar-refractivity contribution in [1.82, 2.24) is 0 Å². The van der Waals surface area contributed by atoms with Gasteiger partial charge in [-0.15, -0.1) is 0 Å². The summed E-state index contributed by atoms with van der Waals surface area (Å²) in [5, 5.41) is 21.0. The minimum atomic E-state index is -1.73. The highest BCUT2D eigenvalue weighted by molar-refractivity contribution is 5.95. The summed E-state index contributed by atoms with van der Waals surface area (Å²) >= 11 is 0. The van der Waals surface area contributed by atoms with Crippen molar-refractivity contribution in [3.63, 3.8) is 0 Å². The third-order valence-electron chi connectivity index (χ3n) is 8.70. The van der Waals surface area contributed by atoms with Crippen LogP contribution >= 0.6 is 0 Å². The molecule has 146 valence electrons. The quantitative estimate of drug-likeness (QED) is 0.783. The molecule has 0 amide bonds. The highest BCUT2D eigenvalue weighted by Gasteiger charge is 2.69. The van der Waals surface area contributed by atoms with E-state index < -0.39 is 23.4 Å². The summed E-state index contributed by atoms with van der Waals surface area (Å²) in [6, 6.07) is 0. The van der Waals surface area contributed by atoms with Crippen LogP contribution in [-0.2, 0) is 9.59 Å². The molecule has 0 aromatic carbocycles. The molecule has 4 aliphatic carbocycles. The van der Waals surface area contributed by atoms with Crippen molar-refractivity contribution >= 4 is 11.6 Å². The van der Waals surface area contributed by atoms with Gasteiger partial charge in [-0.3, -0.25) is 9.59 Å². The molecule has 3 fully saturated rings. The Kier molecular flexibility index (Phi) is 4.00. The Morgan fingerprint density at radius 3 is 2.59 bits per heavy atom. The van der Waals surface area contributed by atoms with Gasteiger partial charge in [0.05, 0.1) is 0 Å². The van der Waals surface area contributed by atoms with E-state index in [9.17, 15) is 19.8 Å². The molecule has 0 saturated heterocycles. The summed E-state index contributed by atoms with van der Waals surface area (Å²) in [5.41, 5.74) is 0.0619. The number of hydrogen-bond donors (Lipinski definition) is 2. The third kappa shape index (κ3) is 2.11. The van der Waals surface area contributed by atoms with E-state index in [0.717, 1.165) is 31.3 Å². The van der Waals surface area contributed by atoms with Crippen LogP contribution in [0.25, 0.3) is 0 Å².